The molecule has 5 nitrogen and oxygen atoms in total. The van der Waals surface area contributed by atoms with Crippen molar-refractivity contribution in [2.75, 3.05) is 13.6 Å². The van der Waals surface area contributed by atoms with Crippen LogP contribution in [0.4, 0.5) is 0 Å². The highest BCUT2D eigenvalue weighted by atomic mass is 32.1. The van der Waals surface area contributed by atoms with Crippen LogP contribution in [0.25, 0.3) is 0 Å². The molecule has 0 unspecified atom stereocenters. The third-order valence-electron chi connectivity index (χ3n) is 2.66. The average Bonchev–Trinajstić information content (AvgIpc) is 2.98. The summed E-state index contributed by atoms with van der Waals surface area (Å²) in [5.74, 6) is 0.0415. The van der Waals surface area contributed by atoms with E-state index in [-0.39, 0.29) is 5.91 Å². The van der Waals surface area contributed by atoms with Crippen molar-refractivity contribution in [3.8, 4) is 0 Å². The number of carbonyl (C=O) groups is 1. The molecule has 0 bridgehead atoms. The second-order valence-electron chi connectivity index (χ2n) is 4.55. The summed E-state index contributed by atoms with van der Waals surface area (Å²) in [6.07, 6.45) is 3.78. The Morgan fingerprint density at radius 2 is 2.42 bits per heavy atom. The van der Waals surface area contributed by atoms with Crippen molar-refractivity contribution in [3.63, 3.8) is 0 Å². The van der Waals surface area contributed by atoms with Gasteiger partial charge in [-0.2, -0.15) is 5.10 Å². The standard InChI is InChI=1S/C13H18N4OS/c1-16(8-11-6-15-17(2)9-11)10-13(18)14-7-12-4-3-5-19-12/h3-6,9H,7-8,10H2,1-2H3,(H,14,18). The van der Waals surface area contributed by atoms with E-state index in [4.69, 9.17) is 0 Å². The van der Waals surface area contributed by atoms with E-state index in [2.05, 4.69) is 10.4 Å². The van der Waals surface area contributed by atoms with Gasteiger partial charge < -0.3 is 5.32 Å². The number of amides is 1. The summed E-state index contributed by atoms with van der Waals surface area (Å²) >= 11 is 1.65. The Morgan fingerprint density at radius 3 is 3.05 bits per heavy atom. The summed E-state index contributed by atoms with van der Waals surface area (Å²) in [5.41, 5.74) is 1.11. The lowest BCUT2D eigenvalue weighted by Crippen LogP contribution is -2.34. The van der Waals surface area contributed by atoms with Gasteiger partial charge in [0, 0.05) is 30.2 Å². The molecule has 0 spiro atoms. The van der Waals surface area contributed by atoms with Gasteiger partial charge in [-0.25, -0.2) is 0 Å². The number of aromatic nitrogens is 2. The van der Waals surface area contributed by atoms with Gasteiger partial charge in [0.05, 0.1) is 19.3 Å². The molecule has 1 N–H and O–H groups in total. The molecule has 2 heterocycles. The highest BCUT2D eigenvalue weighted by Crippen LogP contribution is 2.07. The Labute approximate surface area is 116 Å². The fraction of sp³-hybridized carbons (Fsp3) is 0.385. The summed E-state index contributed by atoms with van der Waals surface area (Å²) < 4.78 is 1.76. The largest absolute Gasteiger partial charge is 0.350 e. The van der Waals surface area contributed by atoms with Gasteiger partial charge in [-0.3, -0.25) is 14.4 Å². The number of aryl methyl sites for hydroxylation is 1. The molecule has 0 aliphatic rings. The Balaban J connectivity index is 1.72. The minimum absolute atomic E-state index is 0.0415. The Kier molecular flexibility index (Phi) is 4.70. The fourth-order valence-corrected chi connectivity index (χ4v) is 2.47. The molecule has 2 aromatic heterocycles. The van der Waals surface area contributed by atoms with Gasteiger partial charge in [0.25, 0.3) is 0 Å². The zero-order valence-electron chi connectivity index (χ0n) is 11.2. The van der Waals surface area contributed by atoms with E-state index < -0.39 is 0 Å². The zero-order valence-corrected chi connectivity index (χ0v) is 12.0. The molecular formula is C13H18N4OS. The number of rotatable bonds is 6. The van der Waals surface area contributed by atoms with Crippen LogP contribution in [0.1, 0.15) is 10.4 Å². The molecule has 0 aliphatic carbocycles. The minimum Gasteiger partial charge on any atom is -0.350 e. The smallest absolute Gasteiger partial charge is 0.234 e. The first-order valence-corrected chi connectivity index (χ1v) is 6.96. The molecule has 2 rings (SSSR count). The summed E-state index contributed by atoms with van der Waals surface area (Å²) in [5, 5.41) is 9.04. The van der Waals surface area contributed by atoms with Gasteiger partial charge in [0.1, 0.15) is 0 Å². The molecule has 0 radical (unpaired) electrons. The van der Waals surface area contributed by atoms with Crippen molar-refractivity contribution in [3.05, 3.63) is 40.3 Å². The number of thiophene rings is 1. The quantitative estimate of drug-likeness (QED) is 0.864. The average molecular weight is 278 g/mol. The molecule has 0 saturated heterocycles. The molecule has 0 atom stereocenters. The van der Waals surface area contributed by atoms with Crippen LogP contribution in [-0.2, 0) is 24.9 Å². The number of nitrogens with zero attached hydrogens (tertiary/aromatic N) is 3. The van der Waals surface area contributed by atoms with Gasteiger partial charge in [0.15, 0.2) is 0 Å². The SMILES string of the molecule is CN(CC(=O)NCc1cccs1)Cc1cnn(C)c1. The van der Waals surface area contributed by atoms with Crippen LogP contribution in [0.15, 0.2) is 29.9 Å². The topological polar surface area (TPSA) is 50.2 Å². The molecule has 0 fully saturated rings. The molecule has 19 heavy (non-hydrogen) atoms. The third-order valence-corrected chi connectivity index (χ3v) is 3.54. The molecule has 6 heteroatoms. The van der Waals surface area contributed by atoms with Crippen molar-refractivity contribution in [2.24, 2.45) is 7.05 Å². The third kappa shape index (κ3) is 4.50. The molecular weight excluding hydrogens is 260 g/mol. The van der Waals surface area contributed by atoms with Gasteiger partial charge in [-0.1, -0.05) is 6.07 Å². The summed E-state index contributed by atoms with van der Waals surface area (Å²) in [6.45, 7) is 1.72. The Bertz CT molecular complexity index is 520. The maximum absolute atomic E-state index is 11.8. The van der Waals surface area contributed by atoms with Crippen molar-refractivity contribution < 1.29 is 4.79 Å². The van der Waals surface area contributed by atoms with Crippen molar-refractivity contribution >= 4 is 17.2 Å². The molecule has 1 amide bonds. The fourth-order valence-electron chi connectivity index (χ4n) is 1.82. The van der Waals surface area contributed by atoms with Gasteiger partial charge >= 0.3 is 0 Å². The molecule has 0 aliphatic heterocycles. The number of hydrogen-bond donors (Lipinski definition) is 1. The summed E-state index contributed by atoms with van der Waals surface area (Å²) in [6, 6.07) is 4.00. The van der Waals surface area contributed by atoms with Gasteiger partial charge in [-0.15, -0.1) is 11.3 Å². The maximum Gasteiger partial charge on any atom is 0.234 e. The Hall–Kier alpha value is -1.66. The first-order valence-electron chi connectivity index (χ1n) is 6.08. The van der Waals surface area contributed by atoms with Crippen LogP contribution in [0.2, 0.25) is 0 Å². The normalized spacial score (nSPS) is 10.9. The zero-order chi connectivity index (χ0) is 13.7. The highest BCUT2D eigenvalue weighted by molar-refractivity contribution is 7.09. The lowest BCUT2D eigenvalue weighted by Gasteiger charge is -2.14. The maximum atomic E-state index is 11.8. The van der Waals surface area contributed by atoms with Crippen LogP contribution in [0.5, 0.6) is 0 Å². The van der Waals surface area contributed by atoms with Crippen molar-refractivity contribution in [1.82, 2.24) is 20.0 Å². The first kappa shape index (κ1) is 13.8. The highest BCUT2D eigenvalue weighted by Gasteiger charge is 2.08. The van der Waals surface area contributed by atoms with E-state index in [1.54, 1.807) is 16.0 Å². The van der Waals surface area contributed by atoms with E-state index >= 15 is 0 Å². The van der Waals surface area contributed by atoms with Crippen LogP contribution in [-0.4, -0.2) is 34.2 Å². The Morgan fingerprint density at radius 1 is 1.58 bits per heavy atom. The molecule has 0 saturated carbocycles. The molecule has 102 valence electrons. The van der Waals surface area contributed by atoms with Gasteiger partial charge in [0.2, 0.25) is 5.91 Å². The molecule has 2 aromatic rings. The minimum atomic E-state index is 0.0415. The number of nitrogens with one attached hydrogen (secondary N) is 1. The van der Waals surface area contributed by atoms with Crippen molar-refractivity contribution in [1.29, 1.82) is 0 Å². The molecule has 0 aromatic carbocycles. The predicted molar refractivity (Wildman–Crippen MR) is 75.7 cm³/mol. The number of hydrogen-bond acceptors (Lipinski definition) is 4. The number of carbonyl (C=O) groups excluding carboxylic acids is 1. The van der Waals surface area contributed by atoms with Crippen LogP contribution in [0.3, 0.4) is 0 Å². The van der Waals surface area contributed by atoms with E-state index in [1.807, 2.05) is 48.9 Å². The van der Waals surface area contributed by atoms with E-state index in [1.165, 1.54) is 4.88 Å². The monoisotopic (exact) mass is 278 g/mol. The summed E-state index contributed by atoms with van der Waals surface area (Å²) in [7, 11) is 3.81. The lowest BCUT2D eigenvalue weighted by atomic mass is 10.3. The van der Waals surface area contributed by atoms with E-state index in [9.17, 15) is 4.79 Å². The summed E-state index contributed by atoms with van der Waals surface area (Å²) in [4.78, 5) is 14.9. The predicted octanol–water partition coefficient (Wildman–Crippen LogP) is 1.23. The van der Waals surface area contributed by atoms with Crippen LogP contribution < -0.4 is 5.32 Å². The van der Waals surface area contributed by atoms with Crippen LogP contribution >= 0.6 is 11.3 Å². The first-order chi connectivity index (χ1) is 9.13. The van der Waals surface area contributed by atoms with Gasteiger partial charge in [-0.05, 0) is 18.5 Å². The van der Waals surface area contributed by atoms with Crippen molar-refractivity contribution in [2.45, 2.75) is 13.1 Å². The van der Waals surface area contributed by atoms with E-state index in [0.29, 0.717) is 13.1 Å². The van der Waals surface area contributed by atoms with Crippen LogP contribution in [0, 0.1) is 0 Å². The second-order valence-corrected chi connectivity index (χ2v) is 5.58. The van der Waals surface area contributed by atoms with E-state index in [0.717, 1.165) is 12.1 Å². The number of likely N-dealkylation sites (N-methyl/N-ethyl adjacent to an activating group) is 1. The lowest BCUT2D eigenvalue weighted by molar-refractivity contribution is -0.122. The second kappa shape index (κ2) is 6.49.